The summed E-state index contributed by atoms with van der Waals surface area (Å²) in [6, 6.07) is 11.5. The molecule has 0 atom stereocenters. The monoisotopic (exact) mass is 501 g/mol. The molecule has 0 spiro atoms. The van der Waals surface area contributed by atoms with Crippen LogP contribution in [0.3, 0.4) is 0 Å². The highest BCUT2D eigenvalue weighted by molar-refractivity contribution is 5.92. The first-order chi connectivity index (χ1) is 18.0. The molecule has 0 bridgehead atoms. The largest absolute Gasteiger partial charge is 0.489 e. The molecule has 4 heterocycles. The van der Waals surface area contributed by atoms with Crippen LogP contribution in [-0.2, 0) is 18.2 Å². The standard InChI is InChI=1S/C27H31N7O3/c1-32-9-11-34(12-10-32)27(35)24-16-21(33(2)31-24)17-26-29-8-5-23(30-26)19-3-4-25(20(15-19)18-28)37-22-6-13-36-14-7-22/h3-5,8,15-16,22H,6-7,9-14,17H2,1-2H3. The maximum Gasteiger partial charge on any atom is 0.274 e. The molecule has 2 saturated heterocycles. The number of rotatable bonds is 6. The Morgan fingerprint density at radius 1 is 1.14 bits per heavy atom. The zero-order valence-corrected chi connectivity index (χ0v) is 21.3. The van der Waals surface area contributed by atoms with Crippen molar-refractivity contribution in [3.63, 3.8) is 0 Å². The summed E-state index contributed by atoms with van der Waals surface area (Å²) in [4.78, 5) is 26.2. The number of hydrogen-bond acceptors (Lipinski definition) is 8. The number of ether oxygens (including phenoxy) is 2. The van der Waals surface area contributed by atoms with Gasteiger partial charge in [-0.2, -0.15) is 10.4 Å². The minimum atomic E-state index is -0.0447. The van der Waals surface area contributed by atoms with E-state index in [-0.39, 0.29) is 12.0 Å². The van der Waals surface area contributed by atoms with E-state index in [1.165, 1.54) is 0 Å². The van der Waals surface area contributed by atoms with Gasteiger partial charge in [0.05, 0.1) is 24.5 Å². The second-order valence-electron chi connectivity index (χ2n) is 9.53. The Balaban J connectivity index is 1.30. The van der Waals surface area contributed by atoms with E-state index in [2.05, 4.69) is 28.1 Å². The summed E-state index contributed by atoms with van der Waals surface area (Å²) in [5, 5.41) is 14.2. The van der Waals surface area contributed by atoms with Gasteiger partial charge < -0.3 is 19.3 Å². The molecule has 3 aromatic rings. The van der Waals surface area contributed by atoms with E-state index in [9.17, 15) is 10.1 Å². The number of aryl methyl sites for hydroxylation is 1. The minimum absolute atomic E-state index is 0.0447. The summed E-state index contributed by atoms with van der Waals surface area (Å²) in [5.41, 5.74) is 3.30. The maximum absolute atomic E-state index is 12.9. The van der Waals surface area contributed by atoms with E-state index in [1.54, 1.807) is 16.9 Å². The highest BCUT2D eigenvalue weighted by atomic mass is 16.5. The van der Waals surface area contributed by atoms with Crippen molar-refractivity contribution in [1.82, 2.24) is 29.5 Å². The van der Waals surface area contributed by atoms with Crippen molar-refractivity contribution in [3.8, 4) is 23.1 Å². The quantitative estimate of drug-likeness (QED) is 0.506. The summed E-state index contributed by atoms with van der Waals surface area (Å²) in [5.74, 6) is 1.15. The molecule has 0 unspecified atom stereocenters. The molecule has 5 rings (SSSR count). The molecule has 2 fully saturated rings. The lowest BCUT2D eigenvalue weighted by molar-refractivity contribution is 0.0254. The molecule has 192 valence electrons. The van der Waals surface area contributed by atoms with Crippen molar-refractivity contribution in [2.45, 2.75) is 25.4 Å². The van der Waals surface area contributed by atoms with Gasteiger partial charge in [-0.25, -0.2) is 9.97 Å². The fourth-order valence-electron chi connectivity index (χ4n) is 4.61. The molecular weight excluding hydrogens is 470 g/mol. The fraction of sp³-hybridized carbons (Fsp3) is 0.444. The Hall–Kier alpha value is -3.81. The van der Waals surface area contributed by atoms with Crippen LogP contribution in [0.2, 0.25) is 0 Å². The summed E-state index contributed by atoms with van der Waals surface area (Å²) < 4.78 is 13.2. The van der Waals surface area contributed by atoms with Crippen LogP contribution in [0.15, 0.2) is 36.5 Å². The van der Waals surface area contributed by atoms with E-state index in [1.807, 2.05) is 36.2 Å². The average molecular weight is 502 g/mol. The van der Waals surface area contributed by atoms with E-state index in [0.717, 1.165) is 42.9 Å². The van der Waals surface area contributed by atoms with Crippen molar-refractivity contribution < 1.29 is 14.3 Å². The zero-order chi connectivity index (χ0) is 25.8. The highest BCUT2D eigenvalue weighted by Gasteiger charge is 2.23. The minimum Gasteiger partial charge on any atom is -0.489 e. The first-order valence-corrected chi connectivity index (χ1v) is 12.6. The third-order valence-corrected chi connectivity index (χ3v) is 6.89. The molecule has 10 nitrogen and oxygen atoms in total. The number of carbonyl (C=O) groups excluding carboxylic acids is 1. The normalized spacial score (nSPS) is 16.9. The number of amides is 1. The van der Waals surface area contributed by atoms with Crippen LogP contribution in [0.5, 0.6) is 5.75 Å². The van der Waals surface area contributed by atoms with Crippen LogP contribution in [0.4, 0.5) is 0 Å². The summed E-state index contributed by atoms with van der Waals surface area (Å²) >= 11 is 0. The lowest BCUT2D eigenvalue weighted by Crippen LogP contribution is -2.47. The summed E-state index contributed by atoms with van der Waals surface area (Å²) in [6.07, 6.45) is 3.84. The van der Waals surface area contributed by atoms with Gasteiger partial charge in [-0.3, -0.25) is 9.48 Å². The molecule has 0 N–H and O–H groups in total. The van der Waals surface area contributed by atoms with Gasteiger partial charge in [0.2, 0.25) is 0 Å². The van der Waals surface area contributed by atoms with Crippen LogP contribution in [0.25, 0.3) is 11.3 Å². The Bertz CT molecular complexity index is 1300. The fourth-order valence-corrected chi connectivity index (χ4v) is 4.61. The number of nitriles is 1. The van der Waals surface area contributed by atoms with Crippen molar-refractivity contribution >= 4 is 5.91 Å². The molecule has 0 radical (unpaired) electrons. The Morgan fingerprint density at radius 3 is 2.68 bits per heavy atom. The van der Waals surface area contributed by atoms with Crippen LogP contribution in [0, 0.1) is 11.3 Å². The Morgan fingerprint density at radius 2 is 1.92 bits per heavy atom. The smallest absolute Gasteiger partial charge is 0.274 e. The SMILES string of the molecule is CN1CCN(C(=O)c2cc(Cc3nccc(-c4ccc(OC5CCOCC5)c(C#N)c4)n3)n(C)n2)CC1. The van der Waals surface area contributed by atoms with E-state index >= 15 is 0 Å². The zero-order valence-electron chi connectivity index (χ0n) is 21.3. The summed E-state index contributed by atoms with van der Waals surface area (Å²) in [6.45, 7) is 4.49. The van der Waals surface area contributed by atoms with Crippen molar-refractivity contribution in [3.05, 3.63) is 59.3 Å². The van der Waals surface area contributed by atoms with Gasteiger partial charge >= 0.3 is 0 Å². The molecule has 1 aromatic carbocycles. The second-order valence-corrected chi connectivity index (χ2v) is 9.53. The Labute approximate surface area is 216 Å². The van der Waals surface area contributed by atoms with Gasteiger partial charge in [-0.05, 0) is 37.4 Å². The molecule has 0 saturated carbocycles. The van der Waals surface area contributed by atoms with Gasteiger partial charge in [-0.1, -0.05) is 0 Å². The van der Waals surface area contributed by atoms with Gasteiger partial charge in [0.1, 0.15) is 23.7 Å². The topological polar surface area (TPSA) is 109 Å². The van der Waals surface area contributed by atoms with Crippen molar-refractivity contribution in [2.75, 3.05) is 46.4 Å². The van der Waals surface area contributed by atoms with Crippen LogP contribution in [-0.4, -0.2) is 88.0 Å². The lowest BCUT2D eigenvalue weighted by atomic mass is 10.1. The van der Waals surface area contributed by atoms with Crippen molar-refractivity contribution in [1.29, 1.82) is 5.26 Å². The molecule has 2 aliphatic rings. The molecule has 2 aromatic heterocycles. The molecular formula is C27H31N7O3. The van der Waals surface area contributed by atoms with Gasteiger partial charge in [0.25, 0.3) is 5.91 Å². The number of benzene rings is 1. The lowest BCUT2D eigenvalue weighted by Gasteiger charge is -2.31. The van der Waals surface area contributed by atoms with Crippen LogP contribution >= 0.6 is 0 Å². The Kier molecular flexibility index (Phi) is 7.44. The number of likely N-dealkylation sites (N-methyl/N-ethyl adjacent to an activating group) is 1. The first-order valence-electron chi connectivity index (χ1n) is 12.6. The van der Waals surface area contributed by atoms with Gasteiger partial charge in [0.15, 0.2) is 5.69 Å². The molecule has 1 amide bonds. The number of nitrogens with zero attached hydrogens (tertiary/aromatic N) is 7. The maximum atomic E-state index is 12.9. The molecule has 2 aliphatic heterocycles. The average Bonchev–Trinajstić information content (AvgIpc) is 3.29. The third kappa shape index (κ3) is 5.79. The number of carbonyl (C=O) groups is 1. The predicted molar refractivity (Wildman–Crippen MR) is 136 cm³/mol. The van der Waals surface area contributed by atoms with E-state index in [4.69, 9.17) is 14.5 Å². The van der Waals surface area contributed by atoms with Gasteiger partial charge in [-0.15, -0.1) is 0 Å². The second kappa shape index (κ2) is 11.1. The van der Waals surface area contributed by atoms with Crippen molar-refractivity contribution in [2.24, 2.45) is 7.05 Å². The number of piperazine rings is 1. The molecule has 0 aliphatic carbocycles. The highest BCUT2D eigenvalue weighted by Crippen LogP contribution is 2.27. The van der Waals surface area contributed by atoms with E-state index < -0.39 is 0 Å². The van der Waals surface area contributed by atoms with Gasteiger partial charge in [0, 0.05) is 69.9 Å². The third-order valence-electron chi connectivity index (χ3n) is 6.89. The number of hydrogen-bond donors (Lipinski definition) is 0. The van der Waals surface area contributed by atoms with Crippen LogP contribution in [0.1, 0.15) is 40.4 Å². The van der Waals surface area contributed by atoms with Crippen LogP contribution < -0.4 is 4.74 Å². The van der Waals surface area contributed by atoms with E-state index in [0.29, 0.717) is 55.6 Å². The first kappa shape index (κ1) is 24.9. The predicted octanol–water partition coefficient (Wildman–Crippen LogP) is 2.28. The number of aromatic nitrogens is 4. The summed E-state index contributed by atoms with van der Waals surface area (Å²) in [7, 11) is 3.89. The molecule has 37 heavy (non-hydrogen) atoms. The molecule has 10 heteroatoms.